The highest BCUT2D eigenvalue weighted by Gasteiger charge is 2.27. The molecular weight excluding hydrogens is 234 g/mol. The zero-order valence-electron chi connectivity index (χ0n) is 8.95. The first-order valence-corrected chi connectivity index (χ1v) is 6.55. The standard InChI is InChI=1S/C8H15N3O4S/c1-9-16(14,15)3-2-10-8(13)6-4-7(12)11-5-6/h6,9H,2-5H2,1H3,(H,10,13)(H,11,12). The van der Waals surface area contributed by atoms with Crippen LogP contribution in [0.1, 0.15) is 6.42 Å². The number of hydrogen-bond donors (Lipinski definition) is 3. The second-order valence-electron chi connectivity index (χ2n) is 3.52. The number of carbonyl (C=O) groups excluding carboxylic acids is 2. The molecule has 0 radical (unpaired) electrons. The molecule has 92 valence electrons. The number of nitrogens with one attached hydrogen (secondary N) is 3. The summed E-state index contributed by atoms with van der Waals surface area (Å²) in [7, 11) is -1.98. The third kappa shape index (κ3) is 3.78. The molecule has 1 aliphatic rings. The molecule has 7 nitrogen and oxygen atoms in total. The number of hydrogen-bond acceptors (Lipinski definition) is 4. The molecule has 16 heavy (non-hydrogen) atoms. The molecule has 1 saturated heterocycles. The van der Waals surface area contributed by atoms with Gasteiger partial charge in [0.1, 0.15) is 0 Å². The molecule has 3 N–H and O–H groups in total. The first-order chi connectivity index (χ1) is 7.44. The molecule has 1 atom stereocenters. The van der Waals surface area contributed by atoms with Crippen LogP contribution in [-0.4, -0.2) is 46.1 Å². The van der Waals surface area contributed by atoms with Gasteiger partial charge in [-0.05, 0) is 7.05 Å². The van der Waals surface area contributed by atoms with Crippen LogP contribution in [0.25, 0.3) is 0 Å². The summed E-state index contributed by atoms with van der Waals surface area (Å²) in [6.45, 7) is 0.371. The lowest BCUT2D eigenvalue weighted by Crippen LogP contribution is -2.36. The van der Waals surface area contributed by atoms with Crippen LogP contribution in [0.2, 0.25) is 0 Å². The molecule has 0 bridgehead atoms. The smallest absolute Gasteiger partial charge is 0.225 e. The van der Waals surface area contributed by atoms with Crippen molar-refractivity contribution < 1.29 is 18.0 Å². The van der Waals surface area contributed by atoms with Gasteiger partial charge in [-0.2, -0.15) is 0 Å². The molecule has 1 fully saturated rings. The maximum absolute atomic E-state index is 11.4. The Hall–Kier alpha value is -1.15. The maximum Gasteiger partial charge on any atom is 0.225 e. The van der Waals surface area contributed by atoms with Crippen LogP contribution in [0.15, 0.2) is 0 Å². The monoisotopic (exact) mass is 249 g/mol. The molecule has 1 aliphatic heterocycles. The van der Waals surface area contributed by atoms with Gasteiger partial charge in [0, 0.05) is 19.5 Å². The topological polar surface area (TPSA) is 104 Å². The van der Waals surface area contributed by atoms with E-state index in [2.05, 4.69) is 15.4 Å². The summed E-state index contributed by atoms with van der Waals surface area (Å²) in [5, 5.41) is 5.02. The first-order valence-electron chi connectivity index (χ1n) is 4.90. The fourth-order valence-electron chi connectivity index (χ4n) is 1.35. The number of sulfonamides is 1. The van der Waals surface area contributed by atoms with Crippen molar-refractivity contribution in [1.29, 1.82) is 0 Å². The Morgan fingerprint density at radius 3 is 2.75 bits per heavy atom. The van der Waals surface area contributed by atoms with Gasteiger partial charge in [-0.3, -0.25) is 9.59 Å². The molecule has 0 aromatic carbocycles. The number of carbonyl (C=O) groups is 2. The number of rotatable bonds is 5. The lowest BCUT2D eigenvalue weighted by Gasteiger charge is -2.08. The fraction of sp³-hybridized carbons (Fsp3) is 0.750. The minimum absolute atomic E-state index is 0.0483. The van der Waals surface area contributed by atoms with E-state index in [1.807, 2.05) is 0 Å². The Morgan fingerprint density at radius 1 is 1.56 bits per heavy atom. The maximum atomic E-state index is 11.4. The SMILES string of the molecule is CNS(=O)(=O)CCNC(=O)C1CNC(=O)C1. The summed E-state index contributed by atoms with van der Waals surface area (Å²) < 4.78 is 24.2. The Kier molecular flexibility index (Phi) is 4.25. The van der Waals surface area contributed by atoms with Crippen LogP contribution in [0.5, 0.6) is 0 Å². The predicted molar refractivity (Wildman–Crippen MR) is 57.0 cm³/mol. The van der Waals surface area contributed by atoms with E-state index < -0.39 is 10.0 Å². The summed E-state index contributed by atoms with van der Waals surface area (Å²) in [5.41, 5.74) is 0. The normalized spacial score (nSPS) is 20.6. The molecule has 0 aliphatic carbocycles. The summed E-state index contributed by atoms with van der Waals surface area (Å²) >= 11 is 0. The largest absolute Gasteiger partial charge is 0.355 e. The van der Waals surface area contributed by atoms with Gasteiger partial charge in [0.05, 0.1) is 11.7 Å². The summed E-state index contributed by atoms with van der Waals surface area (Å²) in [5.74, 6) is -0.985. The highest BCUT2D eigenvalue weighted by Crippen LogP contribution is 2.08. The van der Waals surface area contributed by atoms with Crippen LogP contribution in [0.4, 0.5) is 0 Å². The van der Waals surface area contributed by atoms with Gasteiger partial charge in [0.25, 0.3) is 0 Å². The molecular formula is C8H15N3O4S. The van der Waals surface area contributed by atoms with Crippen LogP contribution in [0.3, 0.4) is 0 Å². The van der Waals surface area contributed by atoms with Crippen molar-refractivity contribution in [2.75, 3.05) is 25.9 Å². The van der Waals surface area contributed by atoms with E-state index in [-0.39, 0.29) is 36.5 Å². The Balaban J connectivity index is 2.28. The van der Waals surface area contributed by atoms with E-state index in [9.17, 15) is 18.0 Å². The van der Waals surface area contributed by atoms with E-state index >= 15 is 0 Å². The van der Waals surface area contributed by atoms with Crippen molar-refractivity contribution in [3.05, 3.63) is 0 Å². The van der Waals surface area contributed by atoms with Gasteiger partial charge in [0.2, 0.25) is 21.8 Å². The van der Waals surface area contributed by atoms with Crippen molar-refractivity contribution in [2.45, 2.75) is 6.42 Å². The Labute approximate surface area is 94.0 Å². The van der Waals surface area contributed by atoms with Gasteiger partial charge in [0.15, 0.2) is 0 Å². The van der Waals surface area contributed by atoms with Crippen LogP contribution in [0, 0.1) is 5.92 Å². The Bertz CT molecular complexity index is 379. The zero-order valence-corrected chi connectivity index (χ0v) is 9.76. The van der Waals surface area contributed by atoms with E-state index in [0.29, 0.717) is 6.54 Å². The highest BCUT2D eigenvalue weighted by atomic mass is 32.2. The van der Waals surface area contributed by atoms with E-state index in [1.54, 1.807) is 0 Å². The minimum Gasteiger partial charge on any atom is -0.355 e. The summed E-state index contributed by atoms with van der Waals surface area (Å²) in [4.78, 5) is 22.3. The molecule has 0 aromatic rings. The molecule has 1 rings (SSSR count). The highest BCUT2D eigenvalue weighted by molar-refractivity contribution is 7.89. The quantitative estimate of drug-likeness (QED) is 0.513. The van der Waals surface area contributed by atoms with Crippen molar-refractivity contribution in [1.82, 2.24) is 15.4 Å². The van der Waals surface area contributed by atoms with Gasteiger partial charge in [-0.25, -0.2) is 13.1 Å². The lowest BCUT2D eigenvalue weighted by atomic mass is 10.1. The lowest BCUT2D eigenvalue weighted by molar-refractivity contribution is -0.126. The third-order valence-electron chi connectivity index (χ3n) is 2.33. The Morgan fingerprint density at radius 2 is 2.25 bits per heavy atom. The van der Waals surface area contributed by atoms with Crippen molar-refractivity contribution in [2.24, 2.45) is 5.92 Å². The molecule has 0 aromatic heterocycles. The molecule has 0 spiro atoms. The second kappa shape index (κ2) is 5.26. The first kappa shape index (κ1) is 12.9. The van der Waals surface area contributed by atoms with Crippen molar-refractivity contribution in [3.8, 4) is 0 Å². The van der Waals surface area contributed by atoms with Gasteiger partial charge < -0.3 is 10.6 Å². The number of amides is 2. The van der Waals surface area contributed by atoms with E-state index in [0.717, 1.165) is 0 Å². The average Bonchev–Trinajstić information content (AvgIpc) is 2.64. The van der Waals surface area contributed by atoms with E-state index in [4.69, 9.17) is 0 Å². The minimum atomic E-state index is -3.30. The average molecular weight is 249 g/mol. The van der Waals surface area contributed by atoms with E-state index in [1.165, 1.54) is 7.05 Å². The predicted octanol–water partition coefficient (Wildman–Crippen LogP) is -2.21. The third-order valence-corrected chi connectivity index (χ3v) is 3.69. The fourth-order valence-corrected chi connectivity index (χ4v) is 1.92. The van der Waals surface area contributed by atoms with Crippen molar-refractivity contribution in [3.63, 3.8) is 0 Å². The molecule has 1 unspecified atom stereocenters. The van der Waals surface area contributed by atoms with Gasteiger partial charge in [-0.15, -0.1) is 0 Å². The molecule has 1 heterocycles. The second-order valence-corrected chi connectivity index (χ2v) is 5.57. The molecule has 8 heteroatoms. The molecule has 0 saturated carbocycles. The zero-order chi connectivity index (χ0) is 12.2. The van der Waals surface area contributed by atoms with Gasteiger partial charge >= 0.3 is 0 Å². The van der Waals surface area contributed by atoms with Crippen LogP contribution >= 0.6 is 0 Å². The summed E-state index contributed by atoms with van der Waals surface area (Å²) in [6, 6.07) is 0. The summed E-state index contributed by atoms with van der Waals surface area (Å²) in [6.07, 6.45) is 0.171. The van der Waals surface area contributed by atoms with Crippen molar-refractivity contribution >= 4 is 21.8 Å². The molecule has 2 amide bonds. The van der Waals surface area contributed by atoms with Crippen LogP contribution in [-0.2, 0) is 19.6 Å². The van der Waals surface area contributed by atoms with Gasteiger partial charge in [-0.1, -0.05) is 0 Å². The van der Waals surface area contributed by atoms with Crippen LogP contribution < -0.4 is 15.4 Å².